The third-order valence-corrected chi connectivity index (χ3v) is 4.06. The van der Waals surface area contributed by atoms with Crippen molar-refractivity contribution in [3.63, 3.8) is 0 Å². The van der Waals surface area contributed by atoms with Gasteiger partial charge in [0.05, 0.1) is 14.1 Å². The second-order valence-electron chi connectivity index (χ2n) is 3.02. The van der Waals surface area contributed by atoms with Gasteiger partial charge in [0.15, 0.2) is 5.82 Å². The molecule has 0 saturated carbocycles. The molecule has 0 atom stereocenters. The molecule has 0 amide bonds. The number of halogens is 1. The van der Waals surface area contributed by atoms with Crippen molar-refractivity contribution in [2.75, 3.05) is 5.73 Å². The predicted octanol–water partition coefficient (Wildman–Crippen LogP) is 2.95. The first-order valence-electron chi connectivity index (χ1n) is 4.58. The first kappa shape index (κ1) is 10.8. The molecule has 2 rings (SSSR count). The SMILES string of the molecule is CCc1nc(-c2cccs2)nc(N)c1I. The van der Waals surface area contributed by atoms with E-state index in [0.717, 1.165) is 26.4 Å². The zero-order chi connectivity index (χ0) is 10.8. The van der Waals surface area contributed by atoms with Crippen LogP contribution in [-0.4, -0.2) is 9.97 Å². The molecule has 0 saturated heterocycles. The lowest BCUT2D eigenvalue weighted by Gasteiger charge is -2.05. The van der Waals surface area contributed by atoms with E-state index in [-0.39, 0.29) is 0 Å². The maximum absolute atomic E-state index is 5.85. The van der Waals surface area contributed by atoms with Crippen molar-refractivity contribution in [2.24, 2.45) is 0 Å². The number of nitrogen functional groups attached to an aromatic ring is 1. The van der Waals surface area contributed by atoms with Gasteiger partial charge in [0, 0.05) is 0 Å². The molecule has 2 aromatic heterocycles. The minimum absolute atomic E-state index is 0.575. The van der Waals surface area contributed by atoms with Crippen LogP contribution in [-0.2, 0) is 6.42 Å². The Balaban J connectivity index is 2.55. The molecule has 0 aliphatic heterocycles. The molecule has 0 bridgehead atoms. The summed E-state index contributed by atoms with van der Waals surface area (Å²) in [7, 11) is 0. The first-order chi connectivity index (χ1) is 7.22. The lowest BCUT2D eigenvalue weighted by atomic mass is 10.3. The molecule has 0 spiro atoms. The van der Waals surface area contributed by atoms with Gasteiger partial charge in [0.2, 0.25) is 0 Å². The molecular formula is C10H10IN3S. The van der Waals surface area contributed by atoms with Gasteiger partial charge in [-0.3, -0.25) is 0 Å². The highest BCUT2D eigenvalue weighted by Crippen LogP contribution is 2.25. The highest BCUT2D eigenvalue weighted by atomic mass is 127. The summed E-state index contributed by atoms with van der Waals surface area (Å²) in [4.78, 5) is 9.86. The summed E-state index contributed by atoms with van der Waals surface area (Å²) in [5, 5.41) is 2.01. The van der Waals surface area contributed by atoms with Crippen molar-refractivity contribution in [2.45, 2.75) is 13.3 Å². The Kier molecular flexibility index (Phi) is 3.20. The van der Waals surface area contributed by atoms with Gasteiger partial charge in [-0.05, 0) is 40.5 Å². The fourth-order valence-corrected chi connectivity index (χ4v) is 2.54. The molecule has 0 fully saturated rings. The molecule has 2 aromatic rings. The van der Waals surface area contributed by atoms with E-state index in [1.807, 2.05) is 17.5 Å². The Morgan fingerprint density at radius 2 is 2.27 bits per heavy atom. The van der Waals surface area contributed by atoms with Gasteiger partial charge >= 0.3 is 0 Å². The number of nitrogens with zero attached hydrogens (tertiary/aromatic N) is 2. The van der Waals surface area contributed by atoms with Gasteiger partial charge in [0.25, 0.3) is 0 Å². The number of anilines is 1. The lowest BCUT2D eigenvalue weighted by molar-refractivity contribution is 0.996. The van der Waals surface area contributed by atoms with E-state index in [0.29, 0.717) is 5.82 Å². The van der Waals surface area contributed by atoms with Gasteiger partial charge in [0.1, 0.15) is 5.82 Å². The van der Waals surface area contributed by atoms with Crippen LogP contribution in [0.3, 0.4) is 0 Å². The number of rotatable bonds is 2. The quantitative estimate of drug-likeness (QED) is 0.861. The maximum Gasteiger partial charge on any atom is 0.171 e. The standard InChI is InChI=1S/C10H10IN3S/c1-2-6-8(11)9(12)14-10(13-6)7-4-3-5-15-7/h3-5H,2H2,1H3,(H2,12,13,14). The number of nitrogens with two attached hydrogens (primary N) is 1. The molecular weight excluding hydrogens is 321 g/mol. The third-order valence-electron chi connectivity index (χ3n) is 2.02. The van der Waals surface area contributed by atoms with E-state index in [4.69, 9.17) is 5.73 Å². The summed E-state index contributed by atoms with van der Waals surface area (Å²) in [5.41, 5.74) is 6.87. The van der Waals surface area contributed by atoms with E-state index in [1.165, 1.54) is 0 Å². The molecule has 78 valence electrons. The van der Waals surface area contributed by atoms with E-state index >= 15 is 0 Å². The number of aryl methyl sites for hydroxylation is 1. The van der Waals surface area contributed by atoms with Crippen molar-refractivity contribution in [1.29, 1.82) is 0 Å². The summed E-state index contributed by atoms with van der Waals surface area (Å²) in [6.07, 6.45) is 0.878. The highest BCUT2D eigenvalue weighted by molar-refractivity contribution is 14.1. The molecule has 3 nitrogen and oxygen atoms in total. The van der Waals surface area contributed by atoms with Crippen molar-refractivity contribution < 1.29 is 0 Å². The summed E-state index contributed by atoms with van der Waals surface area (Å²) >= 11 is 3.82. The molecule has 2 N–H and O–H groups in total. The molecule has 0 radical (unpaired) electrons. The summed E-state index contributed by atoms with van der Waals surface area (Å²) in [6, 6.07) is 3.99. The molecule has 15 heavy (non-hydrogen) atoms. The van der Waals surface area contributed by atoms with Crippen LogP contribution in [0.5, 0.6) is 0 Å². The molecule has 0 unspecified atom stereocenters. The van der Waals surface area contributed by atoms with Crippen molar-refractivity contribution in [3.05, 3.63) is 26.8 Å². The summed E-state index contributed by atoms with van der Waals surface area (Å²) in [6.45, 7) is 2.07. The normalized spacial score (nSPS) is 10.5. The van der Waals surface area contributed by atoms with Crippen LogP contribution in [0.2, 0.25) is 0 Å². The van der Waals surface area contributed by atoms with Crippen LogP contribution in [0.15, 0.2) is 17.5 Å². The number of thiophene rings is 1. The fourth-order valence-electron chi connectivity index (χ4n) is 1.26. The molecule has 0 aliphatic carbocycles. The predicted molar refractivity (Wildman–Crippen MR) is 71.9 cm³/mol. The average molecular weight is 331 g/mol. The largest absolute Gasteiger partial charge is 0.383 e. The Morgan fingerprint density at radius 1 is 1.47 bits per heavy atom. The van der Waals surface area contributed by atoms with Crippen LogP contribution in [0.1, 0.15) is 12.6 Å². The molecule has 2 heterocycles. The molecule has 5 heteroatoms. The zero-order valence-corrected chi connectivity index (χ0v) is 11.2. The van der Waals surface area contributed by atoms with Crippen LogP contribution >= 0.6 is 33.9 Å². The van der Waals surface area contributed by atoms with E-state index in [1.54, 1.807) is 11.3 Å². The summed E-state index contributed by atoms with van der Waals surface area (Å²) in [5.74, 6) is 1.31. The van der Waals surface area contributed by atoms with Gasteiger partial charge in [-0.2, -0.15) is 0 Å². The maximum atomic E-state index is 5.85. The van der Waals surface area contributed by atoms with E-state index in [9.17, 15) is 0 Å². The summed E-state index contributed by atoms with van der Waals surface area (Å²) < 4.78 is 0.968. The second kappa shape index (κ2) is 4.44. The number of hydrogen-bond acceptors (Lipinski definition) is 4. The van der Waals surface area contributed by atoms with Gasteiger partial charge < -0.3 is 5.73 Å². The Hall–Kier alpha value is -0.690. The van der Waals surface area contributed by atoms with Gasteiger partial charge in [-0.15, -0.1) is 11.3 Å². The zero-order valence-electron chi connectivity index (χ0n) is 8.20. The third kappa shape index (κ3) is 2.12. The van der Waals surface area contributed by atoms with Crippen molar-refractivity contribution in [1.82, 2.24) is 9.97 Å². The number of hydrogen-bond donors (Lipinski definition) is 1. The van der Waals surface area contributed by atoms with Crippen LogP contribution in [0.25, 0.3) is 10.7 Å². The van der Waals surface area contributed by atoms with Gasteiger partial charge in [-0.25, -0.2) is 9.97 Å². The van der Waals surface area contributed by atoms with Gasteiger partial charge in [-0.1, -0.05) is 13.0 Å². The first-order valence-corrected chi connectivity index (χ1v) is 6.54. The highest BCUT2D eigenvalue weighted by Gasteiger charge is 2.10. The minimum Gasteiger partial charge on any atom is -0.383 e. The van der Waals surface area contributed by atoms with E-state index < -0.39 is 0 Å². The minimum atomic E-state index is 0.575. The smallest absolute Gasteiger partial charge is 0.171 e. The second-order valence-corrected chi connectivity index (χ2v) is 5.05. The number of aromatic nitrogens is 2. The van der Waals surface area contributed by atoms with Crippen LogP contribution in [0.4, 0.5) is 5.82 Å². The van der Waals surface area contributed by atoms with Crippen LogP contribution < -0.4 is 5.73 Å². The molecule has 0 aliphatic rings. The Labute approximate surface area is 106 Å². The average Bonchev–Trinajstić information content (AvgIpc) is 2.75. The Bertz CT molecular complexity index is 468. The van der Waals surface area contributed by atoms with Crippen molar-refractivity contribution >= 4 is 39.7 Å². The molecule has 0 aromatic carbocycles. The Morgan fingerprint density at radius 3 is 2.87 bits per heavy atom. The van der Waals surface area contributed by atoms with Crippen molar-refractivity contribution in [3.8, 4) is 10.7 Å². The van der Waals surface area contributed by atoms with E-state index in [2.05, 4.69) is 39.5 Å². The van der Waals surface area contributed by atoms with Crippen LogP contribution in [0, 0.1) is 3.57 Å². The fraction of sp³-hybridized carbons (Fsp3) is 0.200. The monoisotopic (exact) mass is 331 g/mol. The lowest BCUT2D eigenvalue weighted by Crippen LogP contribution is -2.03. The topological polar surface area (TPSA) is 51.8 Å².